The van der Waals surface area contributed by atoms with Gasteiger partial charge < -0.3 is 18.9 Å². The molecular formula is C19H20ClN3O4. The minimum absolute atomic E-state index is 0.509. The van der Waals surface area contributed by atoms with Gasteiger partial charge in [0.15, 0.2) is 11.5 Å². The van der Waals surface area contributed by atoms with Gasteiger partial charge in [-0.05, 0) is 25.1 Å². The van der Waals surface area contributed by atoms with Crippen molar-refractivity contribution in [1.82, 2.24) is 15.0 Å². The van der Waals surface area contributed by atoms with Gasteiger partial charge in [-0.25, -0.2) is 4.68 Å². The molecule has 1 aromatic heterocycles. The summed E-state index contributed by atoms with van der Waals surface area (Å²) in [7, 11) is 4.69. The van der Waals surface area contributed by atoms with E-state index in [-0.39, 0.29) is 0 Å². The quantitative estimate of drug-likeness (QED) is 0.608. The molecule has 0 saturated heterocycles. The highest BCUT2D eigenvalue weighted by Crippen LogP contribution is 2.40. The zero-order chi connectivity index (χ0) is 19.4. The molecule has 142 valence electrons. The lowest BCUT2D eigenvalue weighted by atomic mass is 10.1. The second-order valence-corrected chi connectivity index (χ2v) is 5.90. The Morgan fingerprint density at radius 3 is 2.22 bits per heavy atom. The molecule has 3 aromatic rings. The van der Waals surface area contributed by atoms with Crippen molar-refractivity contribution in [2.45, 2.75) is 6.92 Å². The van der Waals surface area contributed by atoms with Gasteiger partial charge in [0.05, 0.1) is 50.5 Å². The summed E-state index contributed by atoms with van der Waals surface area (Å²) in [6.45, 7) is 2.46. The topological polar surface area (TPSA) is 67.6 Å². The van der Waals surface area contributed by atoms with E-state index in [2.05, 4.69) is 10.3 Å². The van der Waals surface area contributed by atoms with E-state index in [4.69, 9.17) is 30.5 Å². The van der Waals surface area contributed by atoms with Crippen LogP contribution in [0.15, 0.2) is 36.5 Å². The largest absolute Gasteiger partial charge is 0.493 e. The lowest BCUT2D eigenvalue weighted by Gasteiger charge is -2.15. The molecule has 0 fully saturated rings. The average Bonchev–Trinajstić information content (AvgIpc) is 3.18. The van der Waals surface area contributed by atoms with Crippen LogP contribution in [-0.4, -0.2) is 42.9 Å². The lowest BCUT2D eigenvalue weighted by molar-refractivity contribution is 0.324. The van der Waals surface area contributed by atoms with Crippen molar-refractivity contribution in [3.05, 3.63) is 41.6 Å². The standard InChI is InChI=1S/C19H20ClN3O4/c1-5-27-16-7-6-12(8-14(16)20)15-11-21-22-23(15)13-9-17(24-2)19(26-4)18(10-13)25-3/h6-11H,5H2,1-4H3. The number of rotatable bonds is 7. The van der Waals surface area contributed by atoms with E-state index in [9.17, 15) is 0 Å². The number of ether oxygens (including phenoxy) is 4. The molecule has 0 atom stereocenters. The van der Waals surface area contributed by atoms with E-state index in [1.165, 1.54) is 0 Å². The zero-order valence-electron chi connectivity index (χ0n) is 15.5. The first-order chi connectivity index (χ1) is 13.1. The Kier molecular flexibility index (Phi) is 5.71. The van der Waals surface area contributed by atoms with Crippen LogP contribution in [0.3, 0.4) is 0 Å². The van der Waals surface area contributed by atoms with Crippen LogP contribution >= 0.6 is 11.6 Å². The van der Waals surface area contributed by atoms with Crippen molar-refractivity contribution in [2.24, 2.45) is 0 Å². The average molecular weight is 390 g/mol. The molecule has 0 N–H and O–H groups in total. The molecule has 0 spiro atoms. The molecule has 3 rings (SSSR count). The monoisotopic (exact) mass is 389 g/mol. The van der Waals surface area contributed by atoms with Gasteiger partial charge in [-0.2, -0.15) is 0 Å². The summed E-state index contributed by atoms with van der Waals surface area (Å²) in [6, 6.07) is 9.16. The number of hydrogen-bond donors (Lipinski definition) is 0. The second kappa shape index (κ2) is 8.18. The summed E-state index contributed by atoms with van der Waals surface area (Å²) in [6.07, 6.45) is 1.66. The van der Waals surface area contributed by atoms with E-state index in [1.807, 2.05) is 25.1 Å². The fourth-order valence-corrected chi connectivity index (χ4v) is 2.98. The minimum atomic E-state index is 0.509. The Bertz CT molecular complexity index is 917. The molecule has 27 heavy (non-hydrogen) atoms. The number of benzene rings is 2. The molecule has 0 aliphatic heterocycles. The third-order valence-electron chi connectivity index (χ3n) is 3.97. The lowest BCUT2D eigenvalue weighted by Crippen LogP contribution is -2.03. The Labute approximate surface area is 162 Å². The normalized spacial score (nSPS) is 10.6. The third kappa shape index (κ3) is 3.64. The van der Waals surface area contributed by atoms with E-state index >= 15 is 0 Å². The van der Waals surface area contributed by atoms with Gasteiger partial charge in [0, 0.05) is 17.7 Å². The number of nitrogens with zero attached hydrogens (tertiary/aromatic N) is 3. The molecular weight excluding hydrogens is 370 g/mol. The summed E-state index contributed by atoms with van der Waals surface area (Å²) >= 11 is 6.33. The molecule has 2 aromatic carbocycles. The van der Waals surface area contributed by atoms with Crippen molar-refractivity contribution >= 4 is 11.6 Å². The summed E-state index contributed by atoms with van der Waals surface area (Å²) < 4.78 is 23.4. The van der Waals surface area contributed by atoms with Crippen LogP contribution in [-0.2, 0) is 0 Å². The van der Waals surface area contributed by atoms with Crippen molar-refractivity contribution in [1.29, 1.82) is 0 Å². The second-order valence-electron chi connectivity index (χ2n) is 5.49. The van der Waals surface area contributed by atoms with Crippen molar-refractivity contribution in [2.75, 3.05) is 27.9 Å². The maximum Gasteiger partial charge on any atom is 0.203 e. The fourth-order valence-electron chi connectivity index (χ4n) is 2.74. The maximum absolute atomic E-state index is 6.33. The van der Waals surface area contributed by atoms with E-state index in [0.29, 0.717) is 40.3 Å². The molecule has 0 amide bonds. The van der Waals surface area contributed by atoms with E-state index in [1.54, 1.807) is 44.3 Å². The summed E-state index contributed by atoms with van der Waals surface area (Å²) in [4.78, 5) is 0. The van der Waals surface area contributed by atoms with Gasteiger partial charge >= 0.3 is 0 Å². The number of halogens is 1. The highest BCUT2D eigenvalue weighted by molar-refractivity contribution is 6.32. The van der Waals surface area contributed by atoms with Gasteiger partial charge in [-0.3, -0.25) is 0 Å². The predicted octanol–water partition coefficient (Wildman–Crippen LogP) is 4.01. The SMILES string of the molecule is CCOc1ccc(-c2cnnn2-c2cc(OC)c(OC)c(OC)c2)cc1Cl. The van der Waals surface area contributed by atoms with Crippen LogP contribution in [0.2, 0.25) is 5.02 Å². The molecule has 7 nitrogen and oxygen atoms in total. The zero-order valence-corrected chi connectivity index (χ0v) is 16.3. The van der Waals surface area contributed by atoms with Crippen molar-refractivity contribution < 1.29 is 18.9 Å². The molecule has 0 aliphatic carbocycles. The molecule has 1 heterocycles. The van der Waals surface area contributed by atoms with Crippen molar-refractivity contribution in [3.8, 4) is 39.9 Å². The van der Waals surface area contributed by atoms with Gasteiger partial charge in [-0.1, -0.05) is 16.8 Å². The van der Waals surface area contributed by atoms with Crippen LogP contribution < -0.4 is 18.9 Å². The fraction of sp³-hybridized carbons (Fsp3) is 0.263. The van der Waals surface area contributed by atoms with Gasteiger partial charge in [0.2, 0.25) is 5.75 Å². The van der Waals surface area contributed by atoms with E-state index < -0.39 is 0 Å². The van der Waals surface area contributed by atoms with Crippen LogP contribution in [0.25, 0.3) is 16.9 Å². The predicted molar refractivity (Wildman–Crippen MR) is 103 cm³/mol. The Balaban J connectivity index is 2.09. The van der Waals surface area contributed by atoms with Crippen LogP contribution in [0.1, 0.15) is 6.92 Å². The van der Waals surface area contributed by atoms with Gasteiger partial charge in [0.1, 0.15) is 5.75 Å². The first-order valence-corrected chi connectivity index (χ1v) is 8.64. The van der Waals surface area contributed by atoms with Gasteiger partial charge in [-0.15, -0.1) is 5.10 Å². The molecule has 0 unspecified atom stereocenters. The first-order valence-electron chi connectivity index (χ1n) is 8.26. The van der Waals surface area contributed by atoms with Crippen molar-refractivity contribution in [3.63, 3.8) is 0 Å². The van der Waals surface area contributed by atoms with Gasteiger partial charge in [0.25, 0.3) is 0 Å². The summed E-state index contributed by atoms with van der Waals surface area (Å²) in [5.41, 5.74) is 2.32. The highest BCUT2D eigenvalue weighted by atomic mass is 35.5. The van der Waals surface area contributed by atoms with Crippen LogP contribution in [0, 0.1) is 0 Å². The molecule has 8 heteroatoms. The van der Waals surface area contributed by atoms with Crippen LogP contribution in [0.4, 0.5) is 0 Å². The van der Waals surface area contributed by atoms with Crippen LogP contribution in [0.5, 0.6) is 23.0 Å². The smallest absolute Gasteiger partial charge is 0.203 e. The van der Waals surface area contributed by atoms with E-state index in [0.717, 1.165) is 11.3 Å². The number of hydrogen-bond acceptors (Lipinski definition) is 6. The number of methoxy groups -OCH3 is 3. The Morgan fingerprint density at radius 2 is 1.67 bits per heavy atom. The Morgan fingerprint density at radius 1 is 0.963 bits per heavy atom. The third-order valence-corrected chi connectivity index (χ3v) is 4.27. The molecule has 0 saturated carbocycles. The molecule has 0 aliphatic rings. The minimum Gasteiger partial charge on any atom is -0.493 e. The Hall–Kier alpha value is -2.93. The maximum atomic E-state index is 6.33. The summed E-state index contributed by atoms with van der Waals surface area (Å²) in [5, 5.41) is 8.76. The first kappa shape index (κ1) is 18.8. The highest BCUT2D eigenvalue weighted by Gasteiger charge is 2.17. The molecule has 0 radical (unpaired) electrons. The molecule has 0 bridgehead atoms. The number of aromatic nitrogens is 3. The summed E-state index contributed by atoms with van der Waals surface area (Å²) in [5.74, 6) is 2.19.